The summed E-state index contributed by atoms with van der Waals surface area (Å²) in [4.78, 5) is 28.4. The standard InChI is InChI=1S/C12H13NO3S/c1-2-16-13-11(14)10(17-12(13)15)8-9-6-4-3-5-7-9/h3-7,10H,2,8H2,1H3. The SMILES string of the molecule is CCON1C(=O)SC(Cc2ccccc2)C1=O. The molecule has 0 N–H and O–H groups in total. The zero-order chi connectivity index (χ0) is 12.3. The Hall–Kier alpha value is -1.33. The molecule has 4 nitrogen and oxygen atoms in total. The topological polar surface area (TPSA) is 46.6 Å². The third-order valence-electron chi connectivity index (χ3n) is 2.41. The Morgan fingerprint density at radius 3 is 2.65 bits per heavy atom. The number of hydrogen-bond acceptors (Lipinski definition) is 4. The van der Waals surface area contributed by atoms with Crippen molar-refractivity contribution < 1.29 is 14.4 Å². The maximum Gasteiger partial charge on any atom is 0.313 e. The van der Waals surface area contributed by atoms with Gasteiger partial charge in [0.05, 0.1) is 11.9 Å². The van der Waals surface area contributed by atoms with Gasteiger partial charge in [-0.25, -0.2) is 0 Å². The van der Waals surface area contributed by atoms with E-state index in [1.807, 2.05) is 30.3 Å². The monoisotopic (exact) mass is 251 g/mol. The third kappa shape index (κ3) is 2.68. The van der Waals surface area contributed by atoms with Gasteiger partial charge >= 0.3 is 5.24 Å². The van der Waals surface area contributed by atoms with Gasteiger partial charge in [-0.05, 0) is 30.7 Å². The lowest BCUT2D eigenvalue weighted by atomic mass is 10.1. The summed E-state index contributed by atoms with van der Waals surface area (Å²) in [5.41, 5.74) is 1.05. The van der Waals surface area contributed by atoms with Gasteiger partial charge in [0.25, 0.3) is 5.91 Å². The molecule has 1 aliphatic heterocycles. The molecule has 1 heterocycles. The maximum absolute atomic E-state index is 11.9. The summed E-state index contributed by atoms with van der Waals surface area (Å²) in [5.74, 6) is -0.259. The van der Waals surface area contributed by atoms with Crippen molar-refractivity contribution in [3.8, 4) is 0 Å². The van der Waals surface area contributed by atoms with Crippen molar-refractivity contribution in [1.82, 2.24) is 5.06 Å². The Balaban J connectivity index is 2.04. The summed E-state index contributed by atoms with van der Waals surface area (Å²) in [5, 5.41) is 0.187. The Labute approximate surface area is 104 Å². The fourth-order valence-corrected chi connectivity index (χ4v) is 2.60. The second-order valence-corrected chi connectivity index (χ2v) is 4.77. The number of thioether (sulfide) groups is 1. The molecule has 0 aromatic heterocycles. The fourth-order valence-electron chi connectivity index (χ4n) is 1.64. The molecule has 1 aliphatic rings. The van der Waals surface area contributed by atoms with Crippen molar-refractivity contribution >= 4 is 22.9 Å². The second-order valence-electron chi connectivity index (χ2n) is 3.61. The summed E-state index contributed by atoms with van der Waals surface area (Å²) in [6.45, 7) is 2.06. The number of rotatable bonds is 4. The van der Waals surface area contributed by atoms with Crippen LogP contribution in [0.1, 0.15) is 12.5 Å². The van der Waals surface area contributed by atoms with Crippen LogP contribution in [0.5, 0.6) is 0 Å². The van der Waals surface area contributed by atoms with Gasteiger partial charge in [-0.1, -0.05) is 30.3 Å². The largest absolute Gasteiger partial charge is 0.313 e. The van der Waals surface area contributed by atoms with E-state index >= 15 is 0 Å². The van der Waals surface area contributed by atoms with E-state index in [1.54, 1.807) is 6.92 Å². The van der Waals surface area contributed by atoms with Crippen LogP contribution in [0.25, 0.3) is 0 Å². The quantitative estimate of drug-likeness (QED) is 0.823. The summed E-state index contributed by atoms with van der Waals surface area (Å²) in [6.07, 6.45) is 0.555. The first-order chi connectivity index (χ1) is 8.22. The number of hydrogen-bond donors (Lipinski definition) is 0. The van der Waals surface area contributed by atoms with E-state index in [2.05, 4.69) is 0 Å². The van der Waals surface area contributed by atoms with Gasteiger partial charge in [-0.2, -0.15) is 0 Å². The van der Waals surface area contributed by atoms with Crippen LogP contribution in [0.4, 0.5) is 4.79 Å². The number of hydroxylamine groups is 2. The molecule has 0 saturated carbocycles. The van der Waals surface area contributed by atoms with Crippen molar-refractivity contribution in [2.45, 2.75) is 18.6 Å². The first-order valence-electron chi connectivity index (χ1n) is 5.43. The Morgan fingerprint density at radius 1 is 1.29 bits per heavy atom. The van der Waals surface area contributed by atoms with E-state index in [-0.39, 0.29) is 16.4 Å². The molecule has 1 aromatic carbocycles. The van der Waals surface area contributed by atoms with Gasteiger partial charge in [0.2, 0.25) is 0 Å². The van der Waals surface area contributed by atoms with E-state index in [4.69, 9.17) is 4.84 Å². The van der Waals surface area contributed by atoms with Crippen molar-refractivity contribution in [2.24, 2.45) is 0 Å². The molecule has 1 unspecified atom stereocenters. The van der Waals surface area contributed by atoms with E-state index in [0.717, 1.165) is 22.4 Å². The lowest BCUT2D eigenvalue weighted by molar-refractivity contribution is -0.162. The normalized spacial score (nSPS) is 20.1. The zero-order valence-electron chi connectivity index (χ0n) is 9.46. The molecule has 17 heavy (non-hydrogen) atoms. The molecular weight excluding hydrogens is 238 g/mol. The van der Waals surface area contributed by atoms with Crippen LogP contribution in [0.3, 0.4) is 0 Å². The predicted molar refractivity (Wildman–Crippen MR) is 65.4 cm³/mol. The highest BCUT2D eigenvalue weighted by Gasteiger charge is 2.40. The summed E-state index contributed by atoms with van der Waals surface area (Å²) < 4.78 is 0. The molecule has 0 radical (unpaired) electrons. The predicted octanol–water partition coefficient (Wildman–Crippen LogP) is 2.24. The minimum absolute atomic E-state index is 0.259. The Kier molecular flexibility index (Phi) is 3.81. The first kappa shape index (κ1) is 12.1. The van der Waals surface area contributed by atoms with Crippen molar-refractivity contribution in [3.05, 3.63) is 35.9 Å². The minimum Gasteiger partial charge on any atom is -0.271 e. The number of nitrogens with zero attached hydrogens (tertiary/aromatic N) is 1. The van der Waals surface area contributed by atoms with Crippen LogP contribution in [-0.2, 0) is 16.1 Å². The molecule has 2 rings (SSSR count). The number of imide groups is 1. The molecule has 1 fully saturated rings. The molecular formula is C12H13NO3S. The van der Waals surface area contributed by atoms with Crippen molar-refractivity contribution in [3.63, 3.8) is 0 Å². The average molecular weight is 251 g/mol. The highest BCUT2D eigenvalue weighted by molar-refractivity contribution is 8.15. The van der Waals surface area contributed by atoms with Crippen LogP contribution >= 0.6 is 11.8 Å². The lowest BCUT2D eigenvalue weighted by Crippen LogP contribution is -2.32. The Bertz CT molecular complexity index is 421. The number of benzene rings is 1. The van der Waals surface area contributed by atoms with E-state index < -0.39 is 0 Å². The third-order valence-corrected chi connectivity index (χ3v) is 3.43. The van der Waals surface area contributed by atoms with Crippen LogP contribution in [0.2, 0.25) is 0 Å². The summed E-state index contributed by atoms with van der Waals surface area (Å²) >= 11 is 1.03. The van der Waals surface area contributed by atoms with E-state index in [1.165, 1.54) is 0 Å². The fraction of sp³-hybridized carbons (Fsp3) is 0.333. The van der Waals surface area contributed by atoms with E-state index in [0.29, 0.717) is 13.0 Å². The van der Waals surface area contributed by atoms with Gasteiger partial charge < -0.3 is 0 Å². The average Bonchev–Trinajstić information content (AvgIpc) is 2.59. The van der Waals surface area contributed by atoms with Crippen molar-refractivity contribution in [1.29, 1.82) is 0 Å². The Morgan fingerprint density at radius 2 is 2.00 bits per heavy atom. The summed E-state index contributed by atoms with van der Waals surface area (Å²) in [6, 6.07) is 9.65. The number of carbonyl (C=O) groups excluding carboxylic acids is 2. The maximum atomic E-state index is 11.9. The van der Waals surface area contributed by atoms with Gasteiger partial charge in [0.15, 0.2) is 0 Å². The lowest BCUT2D eigenvalue weighted by Gasteiger charge is -2.11. The van der Waals surface area contributed by atoms with Gasteiger partial charge in [-0.3, -0.25) is 14.4 Å². The highest BCUT2D eigenvalue weighted by atomic mass is 32.2. The molecule has 1 atom stereocenters. The molecule has 90 valence electrons. The van der Waals surface area contributed by atoms with E-state index in [9.17, 15) is 9.59 Å². The van der Waals surface area contributed by atoms with Crippen LogP contribution in [0.15, 0.2) is 30.3 Å². The molecule has 2 amide bonds. The number of carbonyl (C=O) groups is 2. The smallest absolute Gasteiger partial charge is 0.271 e. The van der Waals surface area contributed by atoms with Crippen LogP contribution < -0.4 is 0 Å². The summed E-state index contributed by atoms with van der Waals surface area (Å²) in [7, 11) is 0. The molecule has 1 saturated heterocycles. The second kappa shape index (κ2) is 5.33. The zero-order valence-corrected chi connectivity index (χ0v) is 10.3. The number of amides is 2. The molecule has 0 aliphatic carbocycles. The highest BCUT2D eigenvalue weighted by Crippen LogP contribution is 2.29. The molecule has 0 spiro atoms. The molecule has 0 bridgehead atoms. The first-order valence-corrected chi connectivity index (χ1v) is 6.31. The van der Waals surface area contributed by atoms with Gasteiger partial charge in [0.1, 0.15) is 0 Å². The van der Waals surface area contributed by atoms with Crippen molar-refractivity contribution in [2.75, 3.05) is 6.61 Å². The molecule has 5 heteroatoms. The minimum atomic E-state index is -0.364. The van der Waals surface area contributed by atoms with Crippen LogP contribution in [0, 0.1) is 0 Å². The molecule has 1 aromatic rings. The van der Waals surface area contributed by atoms with Crippen LogP contribution in [-0.4, -0.2) is 28.1 Å². The van der Waals surface area contributed by atoms with Gasteiger partial charge in [-0.15, -0.1) is 5.06 Å². The van der Waals surface area contributed by atoms with Gasteiger partial charge in [0, 0.05) is 0 Å².